The number of carbonyl (C=O) groups excluding carboxylic acids is 2. The highest BCUT2D eigenvalue weighted by Gasteiger charge is 2.48. The van der Waals surface area contributed by atoms with Crippen LogP contribution >= 0.6 is 0 Å². The molecule has 0 saturated heterocycles. The molecule has 0 aromatic carbocycles. The van der Waals surface area contributed by atoms with Gasteiger partial charge in [-0.3, -0.25) is 9.59 Å². The molecule has 2 unspecified atom stereocenters. The lowest BCUT2D eigenvalue weighted by Gasteiger charge is -2.19. The maximum Gasteiger partial charge on any atom is 0.313 e. The van der Waals surface area contributed by atoms with E-state index in [4.69, 9.17) is 9.47 Å². The summed E-state index contributed by atoms with van der Waals surface area (Å²) in [6.45, 7) is 6.78. The van der Waals surface area contributed by atoms with Gasteiger partial charge in [0, 0.05) is 13.3 Å². The van der Waals surface area contributed by atoms with E-state index in [1.54, 1.807) is 0 Å². The fourth-order valence-corrected chi connectivity index (χ4v) is 1.14. The van der Waals surface area contributed by atoms with Gasteiger partial charge < -0.3 is 9.47 Å². The monoisotopic (exact) mass is 200 g/mol. The summed E-state index contributed by atoms with van der Waals surface area (Å²) in [6.07, 6.45) is 0.330. The second kappa shape index (κ2) is 3.59. The van der Waals surface area contributed by atoms with Gasteiger partial charge in [-0.1, -0.05) is 0 Å². The van der Waals surface area contributed by atoms with Crippen LogP contribution in [0.25, 0.3) is 0 Å². The third-order valence-corrected chi connectivity index (χ3v) is 1.76. The zero-order chi connectivity index (χ0) is 10.9. The zero-order valence-corrected chi connectivity index (χ0v) is 8.99. The maximum absolute atomic E-state index is 11.4. The molecule has 0 N–H and O–H groups in total. The van der Waals surface area contributed by atoms with E-state index in [2.05, 4.69) is 0 Å². The van der Waals surface area contributed by atoms with Crippen LogP contribution in [0.15, 0.2) is 0 Å². The van der Waals surface area contributed by atoms with Gasteiger partial charge in [0.2, 0.25) is 0 Å². The lowest BCUT2D eigenvalue weighted by Crippen LogP contribution is -2.26. The maximum atomic E-state index is 11.4. The van der Waals surface area contributed by atoms with Gasteiger partial charge in [0.1, 0.15) is 11.7 Å². The summed E-state index contributed by atoms with van der Waals surface area (Å²) in [5, 5.41) is 0. The number of rotatable bonds is 2. The van der Waals surface area contributed by atoms with Crippen molar-refractivity contribution in [2.45, 2.75) is 45.8 Å². The van der Waals surface area contributed by atoms with Crippen LogP contribution < -0.4 is 0 Å². The average molecular weight is 200 g/mol. The van der Waals surface area contributed by atoms with Crippen LogP contribution in [0.4, 0.5) is 0 Å². The molecule has 0 radical (unpaired) electrons. The van der Waals surface area contributed by atoms with Crippen LogP contribution in [0.3, 0.4) is 0 Å². The van der Waals surface area contributed by atoms with Gasteiger partial charge in [0.25, 0.3) is 0 Å². The summed E-state index contributed by atoms with van der Waals surface area (Å²) in [7, 11) is 0. The van der Waals surface area contributed by atoms with Crippen molar-refractivity contribution in [2.24, 2.45) is 5.92 Å². The van der Waals surface area contributed by atoms with Crippen molar-refractivity contribution in [3.05, 3.63) is 0 Å². The molecule has 0 aromatic rings. The molecule has 1 aliphatic carbocycles. The smallest absolute Gasteiger partial charge is 0.313 e. The van der Waals surface area contributed by atoms with Crippen molar-refractivity contribution >= 4 is 11.9 Å². The molecule has 14 heavy (non-hydrogen) atoms. The van der Waals surface area contributed by atoms with E-state index in [1.807, 2.05) is 20.8 Å². The summed E-state index contributed by atoms with van der Waals surface area (Å²) in [5.74, 6) is -0.872. The Morgan fingerprint density at radius 1 is 1.29 bits per heavy atom. The molecular formula is C10H16O4. The van der Waals surface area contributed by atoms with E-state index < -0.39 is 5.60 Å². The van der Waals surface area contributed by atoms with Gasteiger partial charge in [-0.05, 0) is 20.8 Å². The van der Waals surface area contributed by atoms with Crippen LogP contribution in [0.2, 0.25) is 0 Å². The molecule has 1 saturated carbocycles. The first-order valence-electron chi connectivity index (χ1n) is 4.69. The molecule has 4 nitrogen and oxygen atoms in total. The second-order valence-electron chi connectivity index (χ2n) is 4.52. The molecule has 0 amide bonds. The van der Waals surface area contributed by atoms with E-state index >= 15 is 0 Å². The van der Waals surface area contributed by atoms with Crippen LogP contribution in [-0.2, 0) is 19.1 Å². The summed E-state index contributed by atoms with van der Waals surface area (Å²) >= 11 is 0. The van der Waals surface area contributed by atoms with Crippen molar-refractivity contribution in [3.8, 4) is 0 Å². The topological polar surface area (TPSA) is 52.6 Å². The molecule has 0 aliphatic heterocycles. The number of ether oxygens (including phenoxy) is 2. The van der Waals surface area contributed by atoms with Gasteiger partial charge in [0.15, 0.2) is 0 Å². The van der Waals surface area contributed by atoms with Crippen LogP contribution in [0.5, 0.6) is 0 Å². The van der Waals surface area contributed by atoms with Crippen molar-refractivity contribution < 1.29 is 19.1 Å². The van der Waals surface area contributed by atoms with Crippen molar-refractivity contribution in [1.82, 2.24) is 0 Å². The molecule has 4 heteroatoms. The van der Waals surface area contributed by atoms with Gasteiger partial charge in [-0.15, -0.1) is 0 Å². The molecule has 0 spiro atoms. The molecule has 0 heterocycles. The standard InChI is InChI=1S/C10H16O4/c1-6(11)13-8-5-7(8)9(12)14-10(2,3)4/h7-8H,5H2,1-4H3. The second-order valence-corrected chi connectivity index (χ2v) is 4.52. The normalized spacial score (nSPS) is 25.4. The Balaban J connectivity index is 2.33. The quantitative estimate of drug-likeness (QED) is 0.630. The van der Waals surface area contributed by atoms with Gasteiger partial charge in [0.05, 0.1) is 5.92 Å². The molecular weight excluding hydrogens is 184 g/mol. The number of hydrogen-bond acceptors (Lipinski definition) is 4. The highest BCUT2D eigenvalue weighted by atomic mass is 16.6. The van der Waals surface area contributed by atoms with Gasteiger partial charge in [-0.2, -0.15) is 0 Å². The summed E-state index contributed by atoms with van der Waals surface area (Å²) < 4.78 is 10.0. The Bertz CT molecular complexity index is 251. The van der Waals surface area contributed by atoms with E-state index in [0.717, 1.165) is 0 Å². The highest BCUT2D eigenvalue weighted by Crippen LogP contribution is 2.35. The average Bonchev–Trinajstić information content (AvgIpc) is 2.61. The Labute approximate surface area is 83.6 Å². The van der Waals surface area contributed by atoms with Crippen molar-refractivity contribution in [2.75, 3.05) is 0 Å². The van der Waals surface area contributed by atoms with Gasteiger partial charge >= 0.3 is 11.9 Å². The molecule has 2 atom stereocenters. The van der Waals surface area contributed by atoms with Crippen LogP contribution in [0.1, 0.15) is 34.1 Å². The van der Waals surface area contributed by atoms with Crippen LogP contribution in [-0.4, -0.2) is 23.6 Å². The Morgan fingerprint density at radius 2 is 1.86 bits per heavy atom. The lowest BCUT2D eigenvalue weighted by molar-refractivity contribution is -0.158. The minimum absolute atomic E-state index is 0.252. The SMILES string of the molecule is CC(=O)OC1CC1C(=O)OC(C)(C)C. The minimum atomic E-state index is -0.472. The molecule has 1 aliphatic rings. The highest BCUT2D eigenvalue weighted by molar-refractivity contribution is 5.78. The minimum Gasteiger partial charge on any atom is -0.462 e. The van der Waals surface area contributed by atoms with Gasteiger partial charge in [-0.25, -0.2) is 0 Å². The molecule has 0 aromatic heterocycles. The summed E-state index contributed by atoms with van der Waals surface area (Å²) in [4.78, 5) is 22.0. The van der Waals surface area contributed by atoms with Crippen molar-refractivity contribution in [3.63, 3.8) is 0 Å². The third-order valence-electron chi connectivity index (χ3n) is 1.76. The van der Waals surface area contributed by atoms with E-state index in [1.165, 1.54) is 6.92 Å². The van der Waals surface area contributed by atoms with E-state index in [9.17, 15) is 9.59 Å². The summed E-state index contributed by atoms with van der Waals surface area (Å²) in [6, 6.07) is 0. The molecule has 80 valence electrons. The first kappa shape index (κ1) is 11.0. The number of carbonyl (C=O) groups is 2. The summed E-state index contributed by atoms with van der Waals surface area (Å²) in [5.41, 5.74) is -0.472. The fraction of sp³-hybridized carbons (Fsp3) is 0.800. The number of esters is 2. The Hall–Kier alpha value is -1.06. The molecule has 0 bridgehead atoms. The predicted octanol–water partition coefficient (Wildman–Crippen LogP) is 1.28. The predicted molar refractivity (Wildman–Crippen MR) is 49.5 cm³/mol. The first-order valence-corrected chi connectivity index (χ1v) is 4.69. The molecule has 1 rings (SSSR count). The first-order chi connectivity index (χ1) is 6.29. The molecule has 1 fully saturated rings. The number of hydrogen-bond donors (Lipinski definition) is 0. The van der Waals surface area contributed by atoms with E-state index in [0.29, 0.717) is 6.42 Å². The Kier molecular flexibility index (Phi) is 2.83. The zero-order valence-electron chi connectivity index (χ0n) is 8.99. The van der Waals surface area contributed by atoms with Crippen LogP contribution in [0, 0.1) is 5.92 Å². The van der Waals surface area contributed by atoms with Crippen molar-refractivity contribution in [1.29, 1.82) is 0 Å². The third kappa shape index (κ3) is 3.36. The lowest BCUT2D eigenvalue weighted by atomic mass is 10.2. The Morgan fingerprint density at radius 3 is 2.29 bits per heavy atom. The fourth-order valence-electron chi connectivity index (χ4n) is 1.14. The largest absolute Gasteiger partial charge is 0.462 e. The van der Waals surface area contributed by atoms with E-state index in [-0.39, 0.29) is 24.0 Å².